The molecule has 0 radical (unpaired) electrons. The number of H-pyrrole nitrogens is 1. The molecule has 2 aliphatic rings. The topological polar surface area (TPSA) is 83.6 Å². The van der Waals surface area contributed by atoms with Crippen molar-refractivity contribution in [3.05, 3.63) is 41.4 Å². The highest BCUT2D eigenvalue weighted by atomic mass is 32.2. The lowest BCUT2D eigenvalue weighted by molar-refractivity contribution is 0.355. The molecule has 1 unspecified atom stereocenters. The van der Waals surface area contributed by atoms with Crippen LogP contribution in [0.15, 0.2) is 35.1 Å². The van der Waals surface area contributed by atoms with Gasteiger partial charge in [0, 0.05) is 28.6 Å². The highest BCUT2D eigenvalue weighted by molar-refractivity contribution is 7.98. The second-order valence-corrected chi connectivity index (χ2v) is 6.33. The van der Waals surface area contributed by atoms with Gasteiger partial charge in [0.15, 0.2) is 17.3 Å². The summed E-state index contributed by atoms with van der Waals surface area (Å²) in [6, 6.07) is 5.67. The fraction of sp³-hybridized carbons (Fsp3) is 0.250. The van der Waals surface area contributed by atoms with E-state index in [-0.39, 0.29) is 5.37 Å². The van der Waals surface area contributed by atoms with Gasteiger partial charge in [0.1, 0.15) is 11.1 Å². The van der Waals surface area contributed by atoms with Crippen LogP contribution >= 0.6 is 11.9 Å². The van der Waals surface area contributed by atoms with Gasteiger partial charge in [-0.15, -0.1) is 0 Å². The van der Waals surface area contributed by atoms with Gasteiger partial charge in [-0.05, 0) is 31.0 Å². The first kappa shape index (κ1) is 14.9. The van der Waals surface area contributed by atoms with E-state index in [0.717, 1.165) is 28.5 Å². The van der Waals surface area contributed by atoms with Gasteiger partial charge in [-0.2, -0.15) is 5.10 Å². The van der Waals surface area contributed by atoms with Crippen LogP contribution in [0.4, 0.5) is 5.69 Å². The van der Waals surface area contributed by atoms with E-state index in [0.29, 0.717) is 11.5 Å². The average Bonchev–Trinajstić information content (AvgIpc) is 3.21. The molecular weight excluding hydrogens is 326 g/mol. The molecule has 8 heteroatoms. The summed E-state index contributed by atoms with van der Waals surface area (Å²) >= 11 is 1.59. The molecule has 1 aromatic carbocycles. The first-order chi connectivity index (χ1) is 11.7. The molecule has 124 valence electrons. The van der Waals surface area contributed by atoms with Gasteiger partial charge in [0.25, 0.3) is 0 Å². The zero-order valence-electron chi connectivity index (χ0n) is 13.5. The Kier molecular flexibility index (Phi) is 3.61. The Morgan fingerprint density at radius 3 is 2.83 bits per heavy atom. The summed E-state index contributed by atoms with van der Waals surface area (Å²) in [6.45, 7) is 2.06. The van der Waals surface area contributed by atoms with E-state index < -0.39 is 0 Å². The van der Waals surface area contributed by atoms with Crippen molar-refractivity contribution >= 4 is 29.0 Å². The van der Waals surface area contributed by atoms with Gasteiger partial charge < -0.3 is 19.5 Å². The number of aromatic amines is 1. The second kappa shape index (κ2) is 5.79. The summed E-state index contributed by atoms with van der Waals surface area (Å²) in [7, 11) is 3.24. The molecule has 0 bridgehead atoms. The van der Waals surface area contributed by atoms with Crippen LogP contribution in [-0.4, -0.2) is 35.6 Å². The number of aliphatic imine (C=N–C) groups is 1. The number of aromatic nitrogens is 2. The van der Waals surface area contributed by atoms with Crippen molar-refractivity contribution in [2.75, 3.05) is 19.5 Å². The number of nitrogens with one attached hydrogen (secondary N) is 3. The number of allylic oxidation sites excluding steroid dienone is 1. The molecule has 0 amide bonds. The minimum Gasteiger partial charge on any atom is -0.493 e. The lowest BCUT2D eigenvalue weighted by Crippen LogP contribution is -2.23. The smallest absolute Gasteiger partial charge is 0.162 e. The van der Waals surface area contributed by atoms with Crippen molar-refractivity contribution in [2.45, 2.75) is 12.3 Å². The highest BCUT2D eigenvalue weighted by Gasteiger charge is 2.33. The first-order valence-electron chi connectivity index (χ1n) is 7.44. The average molecular weight is 343 g/mol. The van der Waals surface area contributed by atoms with Gasteiger partial charge in [-0.1, -0.05) is 0 Å². The molecule has 1 atom stereocenters. The molecule has 2 aromatic rings. The molecule has 2 aliphatic heterocycles. The van der Waals surface area contributed by atoms with E-state index in [2.05, 4.69) is 27.2 Å². The van der Waals surface area contributed by atoms with Crippen LogP contribution in [0.3, 0.4) is 0 Å². The maximum Gasteiger partial charge on any atom is 0.162 e. The van der Waals surface area contributed by atoms with Gasteiger partial charge in [0.2, 0.25) is 0 Å². The summed E-state index contributed by atoms with van der Waals surface area (Å²) in [5.41, 5.74) is 5.14. The minimum absolute atomic E-state index is 0.0257. The number of hydrogen-bond acceptors (Lipinski definition) is 7. The number of benzene rings is 1. The van der Waals surface area contributed by atoms with Gasteiger partial charge in [-0.25, -0.2) is 4.99 Å². The fourth-order valence-electron chi connectivity index (χ4n) is 2.87. The molecule has 4 rings (SSSR count). The predicted molar refractivity (Wildman–Crippen MR) is 95.4 cm³/mol. The third-order valence-electron chi connectivity index (χ3n) is 4.03. The quantitative estimate of drug-likeness (QED) is 0.743. The van der Waals surface area contributed by atoms with E-state index in [9.17, 15) is 0 Å². The minimum atomic E-state index is 0.0257. The Morgan fingerprint density at radius 2 is 2.04 bits per heavy atom. The van der Waals surface area contributed by atoms with Crippen LogP contribution in [-0.2, 0) is 0 Å². The van der Waals surface area contributed by atoms with Crippen molar-refractivity contribution in [3.63, 3.8) is 0 Å². The molecule has 0 spiro atoms. The molecule has 24 heavy (non-hydrogen) atoms. The molecular formula is C16H17N5O2S. The second-order valence-electron chi connectivity index (χ2n) is 5.44. The lowest BCUT2D eigenvalue weighted by Gasteiger charge is -2.20. The third-order valence-corrected chi connectivity index (χ3v) is 5.02. The number of fused-ring (bicyclic) bond motifs is 3. The molecule has 0 aliphatic carbocycles. The largest absolute Gasteiger partial charge is 0.493 e. The Bertz CT molecular complexity index is 858. The summed E-state index contributed by atoms with van der Waals surface area (Å²) in [5.74, 6) is 2.11. The number of amidine groups is 1. The lowest BCUT2D eigenvalue weighted by atomic mass is 10.0. The first-order valence-corrected chi connectivity index (χ1v) is 8.32. The van der Waals surface area contributed by atoms with Crippen molar-refractivity contribution in [1.82, 2.24) is 14.9 Å². The van der Waals surface area contributed by atoms with E-state index in [4.69, 9.17) is 14.5 Å². The van der Waals surface area contributed by atoms with Crippen LogP contribution in [0, 0.1) is 0 Å². The standard InChI is InChI=1S/C16H17N5O2S/c1-8-13-10-7-17-20-14(10)15(19-16(13)24-21-8)18-9-4-5-11(22-2)12(6-9)23-3/h4-7,16,21H,1-3H3,(H,17,20)(H,18,19). The summed E-state index contributed by atoms with van der Waals surface area (Å²) in [4.78, 5) is 4.81. The van der Waals surface area contributed by atoms with Crippen molar-refractivity contribution in [3.8, 4) is 11.5 Å². The highest BCUT2D eigenvalue weighted by Crippen LogP contribution is 2.40. The Balaban J connectivity index is 1.70. The van der Waals surface area contributed by atoms with Crippen LogP contribution in [0.2, 0.25) is 0 Å². The predicted octanol–water partition coefficient (Wildman–Crippen LogP) is 2.61. The van der Waals surface area contributed by atoms with Crippen molar-refractivity contribution in [1.29, 1.82) is 0 Å². The van der Waals surface area contributed by atoms with E-state index in [1.807, 2.05) is 24.4 Å². The maximum absolute atomic E-state index is 5.36. The van der Waals surface area contributed by atoms with Crippen LogP contribution < -0.4 is 19.5 Å². The molecule has 0 saturated heterocycles. The maximum atomic E-state index is 5.36. The SMILES string of the molecule is COc1ccc(NC2=NC3SNC(C)=C3c3cn[nH]c32)cc1OC. The molecule has 3 N–H and O–H groups in total. The molecule has 7 nitrogen and oxygen atoms in total. The molecule has 1 aromatic heterocycles. The van der Waals surface area contributed by atoms with E-state index in [1.54, 1.807) is 26.2 Å². The summed E-state index contributed by atoms with van der Waals surface area (Å²) in [5, 5.41) is 10.6. The summed E-state index contributed by atoms with van der Waals surface area (Å²) < 4.78 is 13.9. The number of anilines is 1. The zero-order valence-corrected chi connectivity index (χ0v) is 14.3. The fourth-order valence-corrected chi connectivity index (χ4v) is 3.85. The van der Waals surface area contributed by atoms with Crippen molar-refractivity contribution < 1.29 is 9.47 Å². The van der Waals surface area contributed by atoms with E-state index in [1.165, 1.54) is 5.57 Å². The van der Waals surface area contributed by atoms with E-state index >= 15 is 0 Å². The van der Waals surface area contributed by atoms with Gasteiger partial charge in [0.05, 0.1) is 20.4 Å². The normalized spacial score (nSPS) is 18.5. The molecule has 0 fully saturated rings. The Labute approximate surface area is 143 Å². The number of rotatable bonds is 3. The third kappa shape index (κ3) is 2.30. The van der Waals surface area contributed by atoms with Gasteiger partial charge in [-0.3, -0.25) is 5.10 Å². The number of methoxy groups -OCH3 is 2. The zero-order chi connectivity index (χ0) is 16.7. The monoisotopic (exact) mass is 343 g/mol. The Hall–Kier alpha value is -2.61. The van der Waals surface area contributed by atoms with Crippen LogP contribution in [0.25, 0.3) is 5.57 Å². The number of nitrogens with zero attached hydrogens (tertiary/aromatic N) is 2. The van der Waals surface area contributed by atoms with Crippen LogP contribution in [0.5, 0.6) is 11.5 Å². The van der Waals surface area contributed by atoms with Crippen molar-refractivity contribution in [2.24, 2.45) is 4.99 Å². The van der Waals surface area contributed by atoms with Gasteiger partial charge >= 0.3 is 0 Å². The number of hydrogen-bond donors (Lipinski definition) is 3. The molecule has 0 saturated carbocycles. The summed E-state index contributed by atoms with van der Waals surface area (Å²) in [6.07, 6.45) is 1.85. The van der Waals surface area contributed by atoms with Crippen LogP contribution in [0.1, 0.15) is 18.2 Å². The number of ether oxygens (including phenoxy) is 2. The molecule has 3 heterocycles. The Morgan fingerprint density at radius 1 is 1.21 bits per heavy atom.